The Hall–Kier alpha value is -2.39. The molecule has 3 N–H and O–H groups in total. The van der Waals surface area contributed by atoms with Gasteiger partial charge in [-0.2, -0.15) is 5.26 Å². The minimum absolute atomic E-state index is 0.00540. The number of rotatable bonds is 4. The highest BCUT2D eigenvalue weighted by molar-refractivity contribution is 7.98. The quantitative estimate of drug-likeness (QED) is 0.780. The topological polar surface area (TPSA) is 87.7 Å². The average Bonchev–Trinajstić information content (AvgIpc) is 3.09. The first-order valence-corrected chi connectivity index (χ1v) is 10.1. The van der Waals surface area contributed by atoms with Crippen molar-refractivity contribution in [2.75, 3.05) is 0 Å². The number of thioether (sulfide) groups is 1. The second-order valence-corrected chi connectivity index (χ2v) is 7.94. The van der Waals surface area contributed by atoms with E-state index >= 15 is 0 Å². The second-order valence-electron chi connectivity index (χ2n) is 6.89. The summed E-state index contributed by atoms with van der Waals surface area (Å²) in [6.45, 7) is 0. The zero-order chi connectivity index (χ0) is 17.9. The lowest BCUT2D eigenvalue weighted by Gasteiger charge is -2.33. The first kappa shape index (κ1) is 17.0. The maximum atomic E-state index is 9.72. The van der Waals surface area contributed by atoms with Crippen molar-refractivity contribution in [1.29, 1.82) is 5.26 Å². The van der Waals surface area contributed by atoms with E-state index in [2.05, 4.69) is 28.4 Å². The highest BCUT2D eigenvalue weighted by Gasteiger charge is 2.39. The summed E-state index contributed by atoms with van der Waals surface area (Å²) < 4.78 is 5.67. The van der Waals surface area contributed by atoms with Crippen molar-refractivity contribution in [3.63, 3.8) is 0 Å². The van der Waals surface area contributed by atoms with E-state index in [1.54, 1.807) is 11.8 Å². The second kappa shape index (κ2) is 7.46. The van der Waals surface area contributed by atoms with Gasteiger partial charge in [-0.05, 0) is 30.9 Å². The summed E-state index contributed by atoms with van der Waals surface area (Å²) >= 11 is 1.75. The van der Waals surface area contributed by atoms with E-state index in [1.807, 2.05) is 18.2 Å². The van der Waals surface area contributed by atoms with Crippen molar-refractivity contribution in [3.05, 3.63) is 53.0 Å². The molecule has 1 aromatic heterocycles. The van der Waals surface area contributed by atoms with E-state index in [0.29, 0.717) is 17.4 Å². The van der Waals surface area contributed by atoms with Gasteiger partial charge in [0.1, 0.15) is 6.07 Å². The molecule has 1 aliphatic heterocycles. The number of nitrogens with one attached hydrogen (secondary N) is 1. The molecule has 0 radical (unpaired) electrons. The fraction of sp³-hybridized carbons (Fsp3) is 0.400. The molecule has 1 aromatic carbocycles. The van der Waals surface area contributed by atoms with Crippen LogP contribution in [0.3, 0.4) is 0 Å². The molecule has 0 saturated heterocycles. The van der Waals surface area contributed by atoms with Crippen LogP contribution in [0.1, 0.15) is 49.3 Å². The smallest absolute Gasteiger partial charge is 0.243 e. The summed E-state index contributed by atoms with van der Waals surface area (Å²) in [6, 6.07) is 12.6. The maximum absolute atomic E-state index is 9.72. The van der Waals surface area contributed by atoms with Crippen LogP contribution in [0.25, 0.3) is 0 Å². The number of hydrogen-bond donors (Lipinski definition) is 2. The van der Waals surface area contributed by atoms with Crippen LogP contribution in [0, 0.1) is 17.2 Å². The van der Waals surface area contributed by atoms with E-state index in [0.717, 1.165) is 29.9 Å². The largest absolute Gasteiger partial charge is 0.420 e. The molecule has 1 fully saturated rings. The zero-order valence-corrected chi connectivity index (χ0v) is 15.4. The Morgan fingerprint density at radius 3 is 2.73 bits per heavy atom. The molecule has 1 unspecified atom stereocenters. The van der Waals surface area contributed by atoms with Crippen molar-refractivity contribution in [2.45, 2.75) is 48.7 Å². The van der Waals surface area contributed by atoms with E-state index in [9.17, 15) is 5.26 Å². The lowest BCUT2D eigenvalue weighted by molar-refractivity contribution is 0.296. The third kappa shape index (κ3) is 3.19. The van der Waals surface area contributed by atoms with Crippen LogP contribution in [-0.4, -0.2) is 10.2 Å². The first-order chi connectivity index (χ1) is 12.8. The first-order valence-electron chi connectivity index (χ1n) is 9.10. The molecule has 1 aliphatic carbocycles. The summed E-state index contributed by atoms with van der Waals surface area (Å²) in [4.78, 5) is 1.21. The van der Waals surface area contributed by atoms with Crippen molar-refractivity contribution < 1.29 is 4.74 Å². The van der Waals surface area contributed by atoms with Crippen LogP contribution in [0.15, 0.2) is 46.7 Å². The van der Waals surface area contributed by atoms with E-state index < -0.39 is 0 Å². The van der Waals surface area contributed by atoms with E-state index in [1.165, 1.54) is 24.2 Å². The third-order valence-corrected chi connectivity index (χ3v) is 6.35. The van der Waals surface area contributed by atoms with Gasteiger partial charge in [0.2, 0.25) is 11.8 Å². The number of nitriles is 1. The Labute approximate surface area is 157 Å². The monoisotopic (exact) mass is 366 g/mol. The number of hydrogen-bond acceptors (Lipinski definition) is 5. The molecule has 5 nitrogen and oxygen atoms in total. The average molecular weight is 366 g/mol. The number of aromatic nitrogens is 2. The molecule has 0 spiro atoms. The molecule has 0 amide bonds. The Bertz CT molecular complexity index is 846. The predicted molar refractivity (Wildman–Crippen MR) is 101 cm³/mol. The van der Waals surface area contributed by atoms with Gasteiger partial charge in [0.15, 0.2) is 0 Å². The molecule has 134 valence electrons. The maximum Gasteiger partial charge on any atom is 0.243 e. The number of H-pyrrole nitrogens is 1. The molecule has 6 heteroatoms. The van der Waals surface area contributed by atoms with Crippen molar-refractivity contribution in [1.82, 2.24) is 10.2 Å². The van der Waals surface area contributed by atoms with Gasteiger partial charge in [-0.15, -0.1) is 16.9 Å². The molecule has 2 aromatic rings. The van der Waals surface area contributed by atoms with Crippen molar-refractivity contribution >= 4 is 11.8 Å². The van der Waals surface area contributed by atoms with Gasteiger partial charge >= 0.3 is 0 Å². The van der Waals surface area contributed by atoms with Gasteiger partial charge in [-0.3, -0.25) is 5.10 Å². The Morgan fingerprint density at radius 2 is 2.00 bits per heavy atom. The van der Waals surface area contributed by atoms with Gasteiger partial charge in [-0.25, -0.2) is 0 Å². The predicted octanol–water partition coefficient (Wildman–Crippen LogP) is 4.45. The van der Waals surface area contributed by atoms with Gasteiger partial charge in [0, 0.05) is 22.1 Å². The van der Waals surface area contributed by atoms with Crippen LogP contribution in [0.4, 0.5) is 0 Å². The summed E-state index contributed by atoms with van der Waals surface area (Å²) in [5.41, 5.74) is 8.68. The molecular weight excluding hydrogens is 344 g/mol. The number of nitrogens with zero attached hydrogens (tertiary/aromatic N) is 2. The van der Waals surface area contributed by atoms with E-state index in [4.69, 9.17) is 10.5 Å². The van der Waals surface area contributed by atoms with Crippen LogP contribution < -0.4 is 10.5 Å². The zero-order valence-electron chi connectivity index (χ0n) is 14.6. The number of ether oxygens (including phenoxy) is 1. The van der Waals surface area contributed by atoms with Gasteiger partial charge in [0.05, 0.1) is 11.3 Å². The molecular formula is C20H22N4OS. The third-order valence-electron chi connectivity index (χ3n) is 5.31. The molecule has 1 atom stereocenters. The Morgan fingerprint density at radius 1 is 1.23 bits per heavy atom. The van der Waals surface area contributed by atoms with Gasteiger partial charge in [0.25, 0.3) is 0 Å². The molecule has 4 rings (SSSR count). The Balaban J connectivity index is 1.66. The van der Waals surface area contributed by atoms with Crippen LogP contribution in [0.2, 0.25) is 0 Å². The van der Waals surface area contributed by atoms with Crippen molar-refractivity contribution in [2.24, 2.45) is 11.7 Å². The number of allylic oxidation sites excluding steroid dienone is 1. The lowest BCUT2D eigenvalue weighted by atomic mass is 9.73. The van der Waals surface area contributed by atoms with Crippen molar-refractivity contribution in [3.8, 4) is 11.9 Å². The fourth-order valence-corrected chi connectivity index (χ4v) is 4.95. The highest BCUT2D eigenvalue weighted by atomic mass is 32.2. The van der Waals surface area contributed by atoms with Gasteiger partial charge < -0.3 is 10.5 Å². The van der Waals surface area contributed by atoms with Crippen LogP contribution in [-0.2, 0) is 5.75 Å². The number of fused-ring (bicyclic) bond motifs is 1. The van der Waals surface area contributed by atoms with Crippen LogP contribution >= 0.6 is 11.8 Å². The summed E-state index contributed by atoms with van der Waals surface area (Å²) in [5, 5.41) is 17.2. The highest BCUT2D eigenvalue weighted by Crippen LogP contribution is 2.48. The fourth-order valence-electron chi connectivity index (χ4n) is 4.07. The standard InChI is InChI=1S/C20H22N4OS/c21-11-15-17(13-7-3-1-4-8-13)18-16(23-24-20(18)25-19(15)22)12-26-14-9-5-2-6-10-14/h2,5-6,9-10,13,17H,1,3-4,7-8,12,22H2,(H,23,24). The molecule has 2 aliphatic rings. The molecule has 0 bridgehead atoms. The lowest BCUT2D eigenvalue weighted by Crippen LogP contribution is -2.26. The normalized spacial score (nSPS) is 20.3. The molecule has 2 heterocycles. The molecule has 26 heavy (non-hydrogen) atoms. The molecule has 1 saturated carbocycles. The van der Waals surface area contributed by atoms with E-state index in [-0.39, 0.29) is 11.8 Å². The van der Waals surface area contributed by atoms with Gasteiger partial charge in [-0.1, -0.05) is 37.5 Å². The summed E-state index contributed by atoms with van der Waals surface area (Å²) in [5.74, 6) is 1.94. The Kier molecular flexibility index (Phi) is 4.89. The number of aromatic amines is 1. The summed E-state index contributed by atoms with van der Waals surface area (Å²) in [6.07, 6.45) is 5.94. The van der Waals surface area contributed by atoms with Crippen LogP contribution in [0.5, 0.6) is 5.88 Å². The number of benzene rings is 1. The minimum Gasteiger partial charge on any atom is -0.420 e. The summed E-state index contributed by atoms with van der Waals surface area (Å²) in [7, 11) is 0. The minimum atomic E-state index is -0.00540. The SMILES string of the molecule is N#CC1=C(N)Oc2n[nH]c(CSc3ccccc3)c2C1C1CCCCC1. The number of nitrogens with two attached hydrogens (primary N) is 1.